The maximum Gasteiger partial charge on any atom is 0.261 e. The van der Waals surface area contributed by atoms with E-state index in [-0.39, 0.29) is 29.9 Å². The summed E-state index contributed by atoms with van der Waals surface area (Å²) in [7, 11) is 1.61. The molecule has 0 saturated heterocycles. The normalized spacial score (nSPS) is 12.2. The number of amides is 2. The number of hydrogen-bond acceptors (Lipinski definition) is 4. The molecule has 0 bridgehead atoms. The summed E-state index contributed by atoms with van der Waals surface area (Å²) < 4.78 is 11.0. The van der Waals surface area contributed by atoms with Crippen LogP contribution in [0.15, 0.2) is 48.5 Å². The van der Waals surface area contributed by atoms with Crippen molar-refractivity contribution >= 4 is 11.8 Å². The van der Waals surface area contributed by atoms with Gasteiger partial charge in [-0.2, -0.15) is 0 Å². The summed E-state index contributed by atoms with van der Waals surface area (Å²) in [6.45, 7) is 12.1. The Labute approximate surface area is 191 Å². The fourth-order valence-corrected chi connectivity index (χ4v) is 3.19. The van der Waals surface area contributed by atoms with Gasteiger partial charge in [-0.1, -0.05) is 45.0 Å². The van der Waals surface area contributed by atoms with E-state index in [0.717, 1.165) is 11.3 Å². The number of ether oxygens (including phenoxy) is 2. The largest absolute Gasteiger partial charge is 0.497 e. The zero-order chi connectivity index (χ0) is 23.9. The maximum absolute atomic E-state index is 13.1. The van der Waals surface area contributed by atoms with E-state index in [1.54, 1.807) is 18.9 Å². The van der Waals surface area contributed by atoms with Crippen molar-refractivity contribution in [2.75, 3.05) is 13.7 Å². The third-order valence-corrected chi connectivity index (χ3v) is 5.19. The van der Waals surface area contributed by atoms with Gasteiger partial charge in [0.25, 0.3) is 5.91 Å². The molecule has 2 rings (SSSR count). The summed E-state index contributed by atoms with van der Waals surface area (Å²) in [6, 6.07) is 14.6. The van der Waals surface area contributed by atoms with Crippen molar-refractivity contribution in [2.24, 2.45) is 0 Å². The molecule has 0 heterocycles. The topological polar surface area (TPSA) is 67.9 Å². The summed E-state index contributed by atoms with van der Waals surface area (Å²) in [5, 5.41) is 2.88. The molecule has 0 fully saturated rings. The van der Waals surface area contributed by atoms with E-state index in [4.69, 9.17) is 9.47 Å². The Morgan fingerprint density at radius 1 is 0.938 bits per heavy atom. The van der Waals surface area contributed by atoms with Gasteiger partial charge in [-0.25, -0.2) is 0 Å². The minimum absolute atomic E-state index is 0.0135. The molecule has 6 nitrogen and oxygen atoms in total. The van der Waals surface area contributed by atoms with Crippen LogP contribution >= 0.6 is 0 Å². The van der Waals surface area contributed by atoms with Crippen LogP contribution in [0.2, 0.25) is 0 Å². The molecule has 32 heavy (non-hydrogen) atoms. The van der Waals surface area contributed by atoms with Crippen LogP contribution in [0.25, 0.3) is 0 Å². The second kappa shape index (κ2) is 11.0. The number of hydrogen-bond donors (Lipinski definition) is 1. The van der Waals surface area contributed by atoms with Gasteiger partial charge in [0.05, 0.1) is 7.11 Å². The SMILES string of the molecule is COc1ccc(CN(C(=O)COc2ccc(C(C)(C)C)cc2)C(C)C(=O)NC(C)C)cc1. The third-order valence-electron chi connectivity index (χ3n) is 5.19. The Balaban J connectivity index is 2.13. The Bertz CT molecular complexity index is 884. The van der Waals surface area contributed by atoms with E-state index in [1.165, 1.54) is 5.56 Å². The lowest BCUT2D eigenvalue weighted by Gasteiger charge is -2.29. The predicted molar refractivity (Wildman–Crippen MR) is 127 cm³/mol. The fourth-order valence-electron chi connectivity index (χ4n) is 3.19. The van der Waals surface area contributed by atoms with E-state index in [9.17, 15) is 9.59 Å². The van der Waals surface area contributed by atoms with E-state index >= 15 is 0 Å². The molecule has 2 aromatic rings. The molecular formula is C26H36N2O4. The van der Waals surface area contributed by atoms with E-state index < -0.39 is 6.04 Å². The Kier molecular flexibility index (Phi) is 8.70. The van der Waals surface area contributed by atoms with E-state index in [2.05, 4.69) is 26.1 Å². The lowest BCUT2D eigenvalue weighted by molar-refractivity contribution is -0.142. The van der Waals surface area contributed by atoms with Gasteiger partial charge in [-0.3, -0.25) is 9.59 Å². The van der Waals surface area contributed by atoms with Crippen LogP contribution in [0.4, 0.5) is 0 Å². The highest BCUT2D eigenvalue weighted by Gasteiger charge is 2.27. The number of benzene rings is 2. The number of methoxy groups -OCH3 is 1. The number of rotatable bonds is 9. The molecule has 1 unspecified atom stereocenters. The standard InChI is InChI=1S/C26H36N2O4/c1-18(2)27-25(30)19(3)28(16-20-8-12-22(31-7)13-9-20)24(29)17-32-23-14-10-21(11-15-23)26(4,5)6/h8-15,18-19H,16-17H2,1-7H3,(H,27,30). The molecule has 0 aromatic heterocycles. The smallest absolute Gasteiger partial charge is 0.261 e. The molecule has 174 valence electrons. The van der Waals surface area contributed by atoms with Gasteiger partial charge in [-0.15, -0.1) is 0 Å². The van der Waals surface area contributed by atoms with Gasteiger partial charge in [-0.05, 0) is 61.6 Å². The minimum atomic E-state index is -0.640. The molecule has 1 N–H and O–H groups in total. The Morgan fingerprint density at radius 3 is 2.00 bits per heavy atom. The van der Waals surface area contributed by atoms with Crippen molar-refractivity contribution < 1.29 is 19.1 Å². The van der Waals surface area contributed by atoms with Gasteiger partial charge in [0.15, 0.2) is 6.61 Å². The lowest BCUT2D eigenvalue weighted by atomic mass is 9.87. The van der Waals surface area contributed by atoms with Crippen molar-refractivity contribution in [3.05, 3.63) is 59.7 Å². The van der Waals surface area contributed by atoms with Crippen molar-refractivity contribution in [3.63, 3.8) is 0 Å². The zero-order valence-corrected chi connectivity index (χ0v) is 20.3. The monoisotopic (exact) mass is 440 g/mol. The van der Waals surface area contributed by atoms with Crippen LogP contribution in [0.1, 0.15) is 52.7 Å². The summed E-state index contributed by atoms with van der Waals surface area (Å²) >= 11 is 0. The Morgan fingerprint density at radius 2 is 1.50 bits per heavy atom. The molecule has 0 aliphatic carbocycles. The average Bonchev–Trinajstić information content (AvgIpc) is 2.75. The highest BCUT2D eigenvalue weighted by molar-refractivity contribution is 5.88. The summed E-state index contributed by atoms with van der Waals surface area (Å²) in [5.41, 5.74) is 2.14. The molecule has 0 saturated carbocycles. The van der Waals surface area contributed by atoms with E-state index in [1.807, 2.05) is 62.4 Å². The summed E-state index contributed by atoms with van der Waals surface area (Å²) in [5.74, 6) is 0.901. The quantitative estimate of drug-likeness (QED) is 0.631. The molecule has 0 radical (unpaired) electrons. The molecule has 0 aliphatic rings. The summed E-state index contributed by atoms with van der Waals surface area (Å²) in [4.78, 5) is 27.3. The van der Waals surface area contributed by atoms with Crippen LogP contribution in [-0.2, 0) is 21.5 Å². The van der Waals surface area contributed by atoms with Crippen molar-refractivity contribution in [2.45, 2.75) is 65.6 Å². The number of carbonyl (C=O) groups excluding carboxylic acids is 2. The molecule has 0 aliphatic heterocycles. The van der Waals surface area contributed by atoms with Gasteiger partial charge < -0.3 is 19.7 Å². The van der Waals surface area contributed by atoms with Crippen LogP contribution in [-0.4, -0.2) is 42.5 Å². The second-order valence-corrected chi connectivity index (χ2v) is 9.27. The molecule has 2 aromatic carbocycles. The minimum Gasteiger partial charge on any atom is -0.497 e. The first-order chi connectivity index (χ1) is 15.0. The van der Waals surface area contributed by atoms with Crippen molar-refractivity contribution in [1.29, 1.82) is 0 Å². The van der Waals surface area contributed by atoms with E-state index in [0.29, 0.717) is 12.3 Å². The first-order valence-corrected chi connectivity index (χ1v) is 11.0. The van der Waals surface area contributed by atoms with Gasteiger partial charge in [0.2, 0.25) is 5.91 Å². The molecular weight excluding hydrogens is 404 g/mol. The van der Waals surface area contributed by atoms with Crippen LogP contribution in [0, 0.1) is 0 Å². The highest BCUT2D eigenvalue weighted by atomic mass is 16.5. The van der Waals surface area contributed by atoms with Gasteiger partial charge >= 0.3 is 0 Å². The number of nitrogens with one attached hydrogen (secondary N) is 1. The fraction of sp³-hybridized carbons (Fsp3) is 0.462. The number of nitrogens with zero attached hydrogens (tertiary/aromatic N) is 1. The summed E-state index contributed by atoms with van der Waals surface area (Å²) in [6.07, 6.45) is 0. The second-order valence-electron chi connectivity index (χ2n) is 9.27. The molecule has 2 amide bonds. The average molecular weight is 441 g/mol. The van der Waals surface area contributed by atoms with Crippen molar-refractivity contribution in [3.8, 4) is 11.5 Å². The molecule has 6 heteroatoms. The first-order valence-electron chi connectivity index (χ1n) is 11.0. The molecule has 1 atom stereocenters. The van der Waals surface area contributed by atoms with Gasteiger partial charge in [0.1, 0.15) is 17.5 Å². The maximum atomic E-state index is 13.1. The predicted octanol–water partition coefficient (Wildman–Crippen LogP) is 4.31. The van der Waals surface area contributed by atoms with Crippen LogP contribution < -0.4 is 14.8 Å². The number of carbonyl (C=O) groups is 2. The van der Waals surface area contributed by atoms with Crippen LogP contribution in [0.3, 0.4) is 0 Å². The first kappa shape index (κ1) is 25.2. The third kappa shape index (κ3) is 7.29. The Hall–Kier alpha value is -3.02. The highest BCUT2D eigenvalue weighted by Crippen LogP contribution is 2.24. The van der Waals surface area contributed by atoms with Crippen molar-refractivity contribution in [1.82, 2.24) is 10.2 Å². The van der Waals surface area contributed by atoms with Gasteiger partial charge in [0, 0.05) is 12.6 Å². The van der Waals surface area contributed by atoms with Crippen LogP contribution in [0.5, 0.6) is 11.5 Å². The zero-order valence-electron chi connectivity index (χ0n) is 20.3. The lowest BCUT2D eigenvalue weighted by Crippen LogP contribution is -2.50. The molecule has 0 spiro atoms.